The van der Waals surface area contributed by atoms with Crippen molar-refractivity contribution in [3.8, 4) is 11.3 Å². The number of alkyl carbamates (subject to hydrolysis) is 1. The number of rotatable bonds is 9. The maximum absolute atomic E-state index is 14.5. The fraction of sp³-hybridized carbons (Fsp3) is 0.611. The minimum atomic E-state index is -1.24. The van der Waals surface area contributed by atoms with Crippen LogP contribution in [0, 0.1) is 11.3 Å². The van der Waals surface area contributed by atoms with Gasteiger partial charge in [-0.25, -0.2) is 14.3 Å². The van der Waals surface area contributed by atoms with E-state index in [2.05, 4.69) is 60.4 Å². The van der Waals surface area contributed by atoms with Gasteiger partial charge < -0.3 is 25.0 Å². The summed E-state index contributed by atoms with van der Waals surface area (Å²) in [6.07, 6.45) is 3.12. The van der Waals surface area contributed by atoms with Gasteiger partial charge in [-0.1, -0.05) is 77.1 Å². The molecular formula is C36H52N6O6. The van der Waals surface area contributed by atoms with E-state index in [1.54, 1.807) is 44.6 Å². The number of esters is 1. The minimum Gasteiger partial charge on any atom is -0.464 e. The first-order valence-electron chi connectivity index (χ1n) is 16.6. The van der Waals surface area contributed by atoms with Crippen LogP contribution in [0.2, 0.25) is 0 Å². The Morgan fingerprint density at radius 1 is 1.06 bits per heavy atom. The van der Waals surface area contributed by atoms with Crippen molar-refractivity contribution >= 4 is 23.9 Å². The van der Waals surface area contributed by atoms with Crippen LogP contribution in [-0.4, -0.2) is 80.1 Å². The van der Waals surface area contributed by atoms with Gasteiger partial charge in [0.25, 0.3) is 0 Å². The molecule has 1 saturated carbocycles. The Hall–Kier alpha value is -4.22. The zero-order valence-corrected chi connectivity index (χ0v) is 30.0. The second kappa shape index (κ2) is 13.4. The molecule has 1 aliphatic heterocycles. The summed E-state index contributed by atoms with van der Waals surface area (Å²) in [6, 6.07) is 5.75. The summed E-state index contributed by atoms with van der Waals surface area (Å²) in [7, 11) is 0. The van der Waals surface area contributed by atoms with Gasteiger partial charge in [-0.3, -0.25) is 9.59 Å². The molecule has 12 nitrogen and oxygen atoms in total. The first-order valence-corrected chi connectivity index (χ1v) is 16.6. The molecule has 5 atom stereocenters. The Morgan fingerprint density at radius 3 is 2.23 bits per heavy atom. The van der Waals surface area contributed by atoms with Gasteiger partial charge in [-0.05, 0) is 50.5 Å². The monoisotopic (exact) mass is 664 g/mol. The van der Waals surface area contributed by atoms with E-state index in [-0.39, 0.29) is 30.9 Å². The third kappa shape index (κ3) is 7.90. The molecule has 1 saturated heterocycles. The number of aromatic nitrogens is 3. The van der Waals surface area contributed by atoms with Gasteiger partial charge in [0.1, 0.15) is 23.2 Å². The summed E-state index contributed by atoms with van der Waals surface area (Å²) < 4.78 is 12.6. The van der Waals surface area contributed by atoms with Crippen LogP contribution < -0.4 is 10.6 Å². The van der Waals surface area contributed by atoms with Crippen LogP contribution in [0.4, 0.5) is 4.79 Å². The van der Waals surface area contributed by atoms with Gasteiger partial charge in [-0.2, -0.15) is 0 Å². The third-order valence-corrected chi connectivity index (χ3v) is 8.89. The zero-order chi connectivity index (χ0) is 35.8. The van der Waals surface area contributed by atoms with Crippen molar-refractivity contribution < 1.29 is 28.7 Å². The fourth-order valence-corrected chi connectivity index (χ4v) is 6.15. The second-order valence-corrected chi connectivity index (χ2v) is 16.0. The van der Waals surface area contributed by atoms with Gasteiger partial charge in [-0.15, -0.1) is 11.7 Å². The SMILES string of the molecule is C=C[C@@H]1C[C@]1(NC(=O)[C@@H]1C[C@@H](n2nncc2-c2ccc(C(C)(C)C)cc2)CN1C(=O)[C@@H](NC(=O)OC(C)(C)C)C(C)(C)C)C(=O)OCC. The molecule has 0 radical (unpaired) electrons. The highest BCUT2D eigenvalue weighted by Gasteiger charge is 2.62. The lowest BCUT2D eigenvalue weighted by molar-refractivity contribution is -0.150. The Bertz CT molecular complexity index is 1530. The van der Waals surface area contributed by atoms with E-state index in [4.69, 9.17) is 9.47 Å². The molecule has 3 amide bonds. The first-order chi connectivity index (χ1) is 22.2. The highest BCUT2D eigenvalue weighted by Crippen LogP contribution is 2.46. The number of amides is 3. The summed E-state index contributed by atoms with van der Waals surface area (Å²) in [5, 5.41) is 14.3. The molecule has 2 heterocycles. The van der Waals surface area contributed by atoms with E-state index in [9.17, 15) is 19.2 Å². The molecule has 2 fully saturated rings. The van der Waals surface area contributed by atoms with E-state index < -0.39 is 58.6 Å². The lowest BCUT2D eigenvalue weighted by atomic mass is 9.85. The van der Waals surface area contributed by atoms with Crippen molar-refractivity contribution in [3.05, 3.63) is 48.7 Å². The van der Waals surface area contributed by atoms with Crippen molar-refractivity contribution in [2.45, 2.75) is 117 Å². The molecule has 0 unspecified atom stereocenters. The predicted molar refractivity (Wildman–Crippen MR) is 182 cm³/mol. The van der Waals surface area contributed by atoms with Crippen molar-refractivity contribution in [2.75, 3.05) is 13.2 Å². The molecule has 0 spiro atoms. The maximum Gasteiger partial charge on any atom is 0.408 e. The normalized spacial score (nSPS) is 23.2. The van der Waals surface area contributed by atoms with E-state index in [1.807, 2.05) is 32.9 Å². The smallest absolute Gasteiger partial charge is 0.408 e. The standard InChI is InChI=1S/C36H52N6O6/c1-12-23-19-36(23,31(45)47-13-2)39-29(43)26-18-25(42-27(20-37-40-42)22-14-16-24(17-15-22)33(3,4)5)21-41(26)30(44)28(34(6,7)8)38-32(46)48-35(9,10)11/h12,14-17,20,23,25-26,28H,1,13,18-19,21H2,2-11H3,(H,38,46)(H,39,43)/t23-,25-,26+,28-,36-/m1/s1. The number of benzene rings is 1. The van der Waals surface area contributed by atoms with Crippen molar-refractivity contribution in [1.29, 1.82) is 0 Å². The molecule has 4 rings (SSSR count). The van der Waals surface area contributed by atoms with E-state index in [1.165, 1.54) is 10.5 Å². The number of hydrogen-bond acceptors (Lipinski definition) is 8. The van der Waals surface area contributed by atoms with Crippen LogP contribution in [0.15, 0.2) is 43.1 Å². The van der Waals surface area contributed by atoms with E-state index in [0.717, 1.165) is 11.3 Å². The molecule has 262 valence electrons. The number of likely N-dealkylation sites (tertiary alicyclic amines) is 1. The molecule has 2 aromatic rings. The van der Waals surface area contributed by atoms with Crippen LogP contribution in [0.3, 0.4) is 0 Å². The Balaban J connectivity index is 1.70. The largest absolute Gasteiger partial charge is 0.464 e. The van der Waals surface area contributed by atoms with Crippen molar-refractivity contribution in [1.82, 2.24) is 30.5 Å². The number of carbonyl (C=O) groups is 4. The molecule has 2 aliphatic rings. The highest BCUT2D eigenvalue weighted by molar-refractivity contribution is 5.96. The highest BCUT2D eigenvalue weighted by atomic mass is 16.6. The predicted octanol–water partition coefficient (Wildman–Crippen LogP) is 4.95. The lowest BCUT2D eigenvalue weighted by Gasteiger charge is -2.36. The molecule has 1 aromatic heterocycles. The van der Waals surface area contributed by atoms with Crippen molar-refractivity contribution in [3.63, 3.8) is 0 Å². The Labute approximate surface area is 284 Å². The van der Waals surface area contributed by atoms with Gasteiger partial charge in [0, 0.05) is 24.4 Å². The molecule has 1 aromatic carbocycles. The second-order valence-electron chi connectivity index (χ2n) is 16.0. The topological polar surface area (TPSA) is 145 Å². The number of nitrogens with zero attached hydrogens (tertiary/aromatic N) is 4. The van der Waals surface area contributed by atoms with E-state index >= 15 is 0 Å². The number of hydrogen-bond donors (Lipinski definition) is 2. The molecule has 0 bridgehead atoms. The average molecular weight is 665 g/mol. The van der Waals surface area contributed by atoms with Crippen LogP contribution in [0.1, 0.15) is 93.7 Å². The van der Waals surface area contributed by atoms with Gasteiger partial charge in [0.05, 0.1) is 24.5 Å². The summed E-state index contributed by atoms with van der Waals surface area (Å²) in [4.78, 5) is 56.1. The fourth-order valence-electron chi connectivity index (χ4n) is 6.15. The zero-order valence-electron chi connectivity index (χ0n) is 30.0. The van der Waals surface area contributed by atoms with Crippen molar-refractivity contribution in [2.24, 2.45) is 11.3 Å². The number of carbonyl (C=O) groups excluding carboxylic acids is 4. The minimum absolute atomic E-state index is 0.0199. The Kier molecular flexibility index (Phi) is 10.2. The summed E-state index contributed by atoms with van der Waals surface area (Å²) in [5.74, 6) is -1.78. The molecule has 48 heavy (non-hydrogen) atoms. The van der Waals surface area contributed by atoms with Gasteiger partial charge in [0.2, 0.25) is 11.8 Å². The lowest BCUT2D eigenvalue weighted by Crippen LogP contribution is -2.59. The average Bonchev–Trinajstić information content (AvgIpc) is 3.29. The van der Waals surface area contributed by atoms with Gasteiger partial charge in [0.15, 0.2) is 0 Å². The maximum atomic E-state index is 14.5. The summed E-state index contributed by atoms with van der Waals surface area (Å²) in [5.41, 5.74) is 0.0335. The number of nitrogens with one attached hydrogen (secondary N) is 2. The van der Waals surface area contributed by atoms with Crippen LogP contribution >= 0.6 is 0 Å². The third-order valence-electron chi connectivity index (χ3n) is 8.89. The van der Waals surface area contributed by atoms with Crippen LogP contribution in [0.25, 0.3) is 11.3 Å². The van der Waals surface area contributed by atoms with E-state index in [0.29, 0.717) is 6.42 Å². The number of ether oxygens (including phenoxy) is 2. The van der Waals surface area contributed by atoms with Gasteiger partial charge >= 0.3 is 12.1 Å². The molecule has 2 N–H and O–H groups in total. The molecule has 12 heteroatoms. The molecule has 1 aliphatic carbocycles. The first kappa shape index (κ1) is 36.6. The summed E-state index contributed by atoms with van der Waals surface area (Å²) >= 11 is 0. The van der Waals surface area contributed by atoms with Crippen LogP contribution in [-0.2, 0) is 29.3 Å². The van der Waals surface area contributed by atoms with Crippen LogP contribution in [0.5, 0.6) is 0 Å². The summed E-state index contributed by atoms with van der Waals surface area (Å²) in [6.45, 7) is 23.0. The molecular weight excluding hydrogens is 612 g/mol. The quantitative estimate of drug-likeness (QED) is 0.283. The Morgan fingerprint density at radius 2 is 1.71 bits per heavy atom.